The zero-order chi connectivity index (χ0) is 12.6. The zero-order valence-corrected chi connectivity index (χ0v) is 12.2. The molecular formula is C16H33O. The van der Waals surface area contributed by atoms with Crippen molar-refractivity contribution in [3.63, 3.8) is 0 Å². The summed E-state index contributed by atoms with van der Waals surface area (Å²) < 4.78 is 5.47. The number of hydrogen-bond donors (Lipinski definition) is 0. The van der Waals surface area contributed by atoms with Crippen molar-refractivity contribution >= 4 is 0 Å². The molecule has 0 spiro atoms. The van der Waals surface area contributed by atoms with E-state index < -0.39 is 0 Å². The van der Waals surface area contributed by atoms with Crippen molar-refractivity contribution < 1.29 is 4.74 Å². The van der Waals surface area contributed by atoms with Gasteiger partial charge in [0.2, 0.25) is 0 Å². The van der Waals surface area contributed by atoms with Crippen LogP contribution in [-0.2, 0) is 4.74 Å². The Morgan fingerprint density at radius 1 is 0.647 bits per heavy atom. The van der Waals surface area contributed by atoms with Gasteiger partial charge in [0.15, 0.2) is 0 Å². The molecule has 1 heteroatoms. The minimum Gasteiger partial charge on any atom is -0.376 e. The molecule has 0 aromatic rings. The first-order valence-electron chi connectivity index (χ1n) is 7.85. The molecule has 103 valence electrons. The van der Waals surface area contributed by atoms with Gasteiger partial charge in [-0.2, -0.15) is 0 Å². The molecule has 0 aromatic heterocycles. The van der Waals surface area contributed by atoms with E-state index in [0.29, 0.717) is 0 Å². The Labute approximate surface area is 109 Å². The molecule has 1 radical (unpaired) electrons. The van der Waals surface area contributed by atoms with Crippen molar-refractivity contribution in [2.24, 2.45) is 0 Å². The van der Waals surface area contributed by atoms with E-state index in [0.717, 1.165) is 13.0 Å². The van der Waals surface area contributed by atoms with Crippen LogP contribution in [0.2, 0.25) is 0 Å². The van der Waals surface area contributed by atoms with Crippen LogP contribution < -0.4 is 0 Å². The SMILES string of the molecule is CCCC[CH]OCCCCCCCCCCC. The van der Waals surface area contributed by atoms with Crippen LogP contribution in [0.3, 0.4) is 0 Å². The van der Waals surface area contributed by atoms with Crippen LogP contribution in [0.4, 0.5) is 0 Å². The molecule has 0 aliphatic carbocycles. The van der Waals surface area contributed by atoms with Gasteiger partial charge in [-0.05, 0) is 12.8 Å². The van der Waals surface area contributed by atoms with E-state index in [4.69, 9.17) is 4.74 Å². The zero-order valence-electron chi connectivity index (χ0n) is 12.2. The van der Waals surface area contributed by atoms with Gasteiger partial charge < -0.3 is 4.74 Å². The van der Waals surface area contributed by atoms with E-state index in [9.17, 15) is 0 Å². The van der Waals surface area contributed by atoms with Crippen molar-refractivity contribution in [3.05, 3.63) is 6.61 Å². The summed E-state index contributed by atoms with van der Waals surface area (Å²) in [6, 6.07) is 0. The first-order valence-corrected chi connectivity index (χ1v) is 7.85. The Kier molecular flexibility index (Phi) is 15.9. The van der Waals surface area contributed by atoms with E-state index in [1.807, 2.05) is 6.61 Å². The van der Waals surface area contributed by atoms with Crippen molar-refractivity contribution in [2.75, 3.05) is 6.61 Å². The molecule has 0 aliphatic heterocycles. The van der Waals surface area contributed by atoms with Gasteiger partial charge in [-0.1, -0.05) is 78.1 Å². The van der Waals surface area contributed by atoms with E-state index in [2.05, 4.69) is 13.8 Å². The second-order valence-corrected chi connectivity index (χ2v) is 5.01. The summed E-state index contributed by atoms with van der Waals surface area (Å²) in [6.07, 6.45) is 16.1. The summed E-state index contributed by atoms with van der Waals surface area (Å²) in [5, 5.41) is 0. The van der Waals surface area contributed by atoms with Gasteiger partial charge in [-0.15, -0.1) is 0 Å². The van der Waals surface area contributed by atoms with Gasteiger partial charge in [0.1, 0.15) is 0 Å². The minimum absolute atomic E-state index is 0.930. The lowest BCUT2D eigenvalue weighted by atomic mass is 10.1. The molecule has 0 atom stereocenters. The largest absolute Gasteiger partial charge is 0.376 e. The second kappa shape index (κ2) is 16.0. The maximum absolute atomic E-state index is 5.47. The lowest BCUT2D eigenvalue weighted by Gasteiger charge is -2.03. The highest BCUT2D eigenvalue weighted by atomic mass is 16.5. The summed E-state index contributed by atoms with van der Waals surface area (Å²) in [5.41, 5.74) is 0. The summed E-state index contributed by atoms with van der Waals surface area (Å²) in [7, 11) is 0. The van der Waals surface area contributed by atoms with Crippen LogP contribution in [0, 0.1) is 6.61 Å². The van der Waals surface area contributed by atoms with E-state index in [1.165, 1.54) is 70.6 Å². The molecular weight excluding hydrogens is 208 g/mol. The van der Waals surface area contributed by atoms with Gasteiger partial charge in [0, 0.05) is 6.61 Å². The monoisotopic (exact) mass is 241 g/mol. The second-order valence-electron chi connectivity index (χ2n) is 5.01. The predicted molar refractivity (Wildman–Crippen MR) is 77.0 cm³/mol. The van der Waals surface area contributed by atoms with Crippen molar-refractivity contribution in [2.45, 2.75) is 90.9 Å². The molecule has 0 heterocycles. The average molecular weight is 241 g/mol. The van der Waals surface area contributed by atoms with Gasteiger partial charge >= 0.3 is 0 Å². The van der Waals surface area contributed by atoms with E-state index >= 15 is 0 Å². The summed E-state index contributed by atoms with van der Waals surface area (Å²) in [5.74, 6) is 0. The van der Waals surface area contributed by atoms with Gasteiger partial charge in [-0.25, -0.2) is 0 Å². The number of hydrogen-bond acceptors (Lipinski definition) is 1. The fraction of sp³-hybridized carbons (Fsp3) is 0.938. The highest BCUT2D eigenvalue weighted by Gasteiger charge is 1.93. The molecule has 17 heavy (non-hydrogen) atoms. The third-order valence-corrected chi connectivity index (χ3v) is 3.16. The molecule has 0 bridgehead atoms. The van der Waals surface area contributed by atoms with Gasteiger partial charge in [0.25, 0.3) is 0 Å². The van der Waals surface area contributed by atoms with Crippen molar-refractivity contribution in [1.29, 1.82) is 0 Å². The molecule has 0 aliphatic rings. The van der Waals surface area contributed by atoms with Crippen LogP contribution in [0.1, 0.15) is 90.9 Å². The van der Waals surface area contributed by atoms with Crippen LogP contribution in [0.25, 0.3) is 0 Å². The summed E-state index contributed by atoms with van der Waals surface area (Å²) in [6.45, 7) is 7.42. The number of rotatable bonds is 14. The standard InChI is InChI=1S/C16H33O/c1-3-5-7-8-9-10-11-12-14-16-17-15-13-6-4-2/h15H,3-14,16H2,1-2H3. The topological polar surface area (TPSA) is 9.23 Å². The molecule has 0 rings (SSSR count). The fourth-order valence-corrected chi connectivity index (χ4v) is 1.95. The smallest absolute Gasteiger partial charge is 0.0836 e. The maximum Gasteiger partial charge on any atom is 0.0836 e. The molecule has 1 nitrogen and oxygen atoms in total. The Hall–Kier alpha value is -0.0400. The predicted octanol–water partition coefficient (Wildman–Crippen LogP) is 5.89. The Balaban J connectivity index is 2.85. The van der Waals surface area contributed by atoms with Crippen molar-refractivity contribution in [3.8, 4) is 0 Å². The maximum atomic E-state index is 5.47. The summed E-state index contributed by atoms with van der Waals surface area (Å²) in [4.78, 5) is 0. The number of ether oxygens (including phenoxy) is 1. The highest BCUT2D eigenvalue weighted by molar-refractivity contribution is 4.51. The lowest BCUT2D eigenvalue weighted by Crippen LogP contribution is -1.92. The molecule has 0 unspecified atom stereocenters. The van der Waals surface area contributed by atoms with Crippen LogP contribution >= 0.6 is 0 Å². The van der Waals surface area contributed by atoms with E-state index in [-0.39, 0.29) is 0 Å². The summed E-state index contributed by atoms with van der Waals surface area (Å²) >= 11 is 0. The molecule has 0 fully saturated rings. The quantitative estimate of drug-likeness (QED) is 0.345. The lowest BCUT2D eigenvalue weighted by molar-refractivity contribution is 0.184. The first-order chi connectivity index (χ1) is 8.41. The Morgan fingerprint density at radius 3 is 1.76 bits per heavy atom. The normalized spacial score (nSPS) is 10.9. The third kappa shape index (κ3) is 16.0. The minimum atomic E-state index is 0.930. The van der Waals surface area contributed by atoms with Crippen LogP contribution in [0.5, 0.6) is 0 Å². The molecule has 0 N–H and O–H groups in total. The van der Waals surface area contributed by atoms with Crippen molar-refractivity contribution in [1.82, 2.24) is 0 Å². The van der Waals surface area contributed by atoms with Crippen LogP contribution in [-0.4, -0.2) is 6.61 Å². The van der Waals surface area contributed by atoms with Gasteiger partial charge in [0.05, 0.1) is 6.61 Å². The average Bonchev–Trinajstić information content (AvgIpc) is 2.35. The Morgan fingerprint density at radius 2 is 1.18 bits per heavy atom. The van der Waals surface area contributed by atoms with Crippen LogP contribution in [0.15, 0.2) is 0 Å². The number of unbranched alkanes of at least 4 members (excludes halogenated alkanes) is 10. The highest BCUT2D eigenvalue weighted by Crippen LogP contribution is 2.09. The molecule has 0 saturated carbocycles. The third-order valence-electron chi connectivity index (χ3n) is 3.16. The molecule has 0 amide bonds. The molecule has 0 saturated heterocycles. The van der Waals surface area contributed by atoms with E-state index in [1.54, 1.807) is 0 Å². The molecule has 0 aromatic carbocycles. The van der Waals surface area contributed by atoms with Gasteiger partial charge in [-0.3, -0.25) is 0 Å². The first kappa shape index (κ1) is 17.0. The fourth-order valence-electron chi connectivity index (χ4n) is 1.95. The Bertz CT molecular complexity index is 109.